The number of esters is 1. The smallest absolute Gasteiger partial charge is 0.308 e. The Morgan fingerprint density at radius 3 is 2.38 bits per heavy atom. The molecule has 6 heteroatoms. The summed E-state index contributed by atoms with van der Waals surface area (Å²) < 4.78 is 11.1. The van der Waals surface area contributed by atoms with E-state index in [4.69, 9.17) is 21.1 Å². The fourth-order valence-electron chi connectivity index (χ4n) is 3.12. The third-order valence-electron chi connectivity index (χ3n) is 4.42. The molecule has 0 amide bonds. The zero-order valence-electron chi connectivity index (χ0n) is 15.2. The molecule has 0 bridgehead atoms. The molecule has 0 N–H and O–H groups in total. The van der Waals surface area contributed by atoms with Crippen LogP contribution in [0.3, 0.4) is 0 Å². The summed E-state index contributed by atoms with van der Waals surface area (Å²) in [6.07, 6.45) is 1.68. The van der Waals surface area contributed by atoms with Crippen LogP contribution < -0.4 is 9.47 Å². The summed E-state index contributed by atoms with van der Waals surface area (Å²) in [5.74, 6) is 0.442. The Morgan fingerprint density at radius 2 is 1.77 bits per heavy atom. The van der Waals surface area contributed by atoms with Gasteiger partial charge in [0.1, 0.15) is 0 Å². The minimum absolute atomic E-state index is 0.323. The molecule has 4 nitrogen and oxygen atoms in total. The molecular formula is C20H22ClNO3S. The number of carbonyl (C=O) groups is 1. The Bertz CT molecular complexity index is 811. The van der Waals surface area contributed by atoms with E-state index in [1.165, 1.54) is 12.5 Å². The molecule has 26 heavy (non-hydrogen) atoms. The van der Waals surface area contributed by atoms with Gasteiger partial charge < -0.3 is 14.4 Å². The van der Waals surface area contributed by atoms with Crippen molar-refractivity contribution >= 4 is 29.3 Å². The highest BCUT2D eigenvalue weighted by Crippen LogP contribution is 2.50. The maximum atomic E-state index is 11.6. The monoisotopic (exact) mass is 391 g/mol. The molecule has 2 aromatic rings. The lowest BCUT2D eigenvalue weighted by molar-refractivity contribution is -0.132. The summed E-state index contributed by atoms with van der Waals surface area (Å²) in [4.78, 5) is 16.0. The van der Waals surface area contributed by atoms with Crippen molar-refractivity contribution in [1.29, 1.82) is 0 Å². The van der Waals surface area contributed by atoms with Crippen molar-refractivity contribution in [3.8, 4) is 11.5 Å². The van der Waals surface area contributed by atoms with Crippen molar-refractivity contribution in [2.45, 2.75) is 29.6 Å². The Morgan fingerprint density at radius 1 is 1.12 bits per heavy atom. The molecule has 0 unspecified atom stereocenters. The molecular weight excluding hydrogens is 370 g/mol. The van der Waals surface area contributed by atoms with Gasteiger partial charge in [-0.15, -0.1) is 0 Å². The molecule has 0 saturated carbocycles. The highest BCUT2D eigenvalue weighted by Gasteiger charge is 2.28. The van der Waals surface area contributed by atoms with E-state index in [9.17, 15) is 4.79 Å². The van der Waals surface area contributed by atoms with Gasteiger partial charge in [-0.05, 0) is 43.1 Å². The standard InChI is InChI=1S/C20H22ClNO3S/c1-13(23)25-18-17(21)15-9-11-22(2)12-10-16(15)20(19(18)24-3)26-14-7-5-4-6-8-14/h4-8H,9-12H2,1-3H3. The van der Waals surface area contributed by atoms with Crippen LogP contribution in [0, 0.1) is 0 Å². The fraction of sp³-hybridized carbons (Fsp3) is 0.350. The van der Waals surface area contributed by atoms with Gasteiger partial charge >= 0.3 is 5.97 Å². The largest absolute Gasteiger partial charge is 0.492 e. The van der Waals surface area contributed by atoms with Gasteiger partial charge in [-0.25, -0.2) is 0 Å². The van der Waals surface area contributed by atoms with E-state index >= 15 is 0 Å². The van der Waals surface area contributed by atoms with Crippen LogP contribution in [0.15, 0.2) is 40.1 Å². The van der Waals surface area contributed by atoms with Gasteiger partial charge in [-0.1, -0.05) is 41.6 Å². The van der Waals surface area contributed by atoms with Gasteiger partial charge in [0.05, 0.1) is 17.0 Å². The first-order chi connectivity index (χ1) is 12.5. The summed E-state index contributed by atoms with van der Waals surface area (Å²) in [6.45, 7) is 3.23. The summed E-state index contributed by atoms with van der Waals surface area (Å²) in [6, 6.07) is 10.1. The average molecular weight is 392 g/mol. The number of benzene rings is 2. The Balaban J connectivity index is 2.20. The number of methoxy groups -OCH3 is 1. The molecule has 0 atom stereocenters. The number of nitrogens with zero attached hydrogens (tertiary/aromatic N) is 1. The van der Waals surface area contributed by atoms with Crippen LogP contribution in [0.1, 0.15) is 18.1 Å². The Kier molecular flexibility index (Phi) is 6.12. The molecule has 1 aliphatic heterocycles. The average Bonchev–Trinajstić information content (AvgIpc) is 2.82. The molecule has 0 spiro atoms. The number of hydrogen-bond acceptors (Lipinski definition) is 5. The van der Waals surface area contributed by atoms with Gasteiger partial charge in [0.25, 0.3) is 0 Å². The van der Waals surface area contributed by atoms with E-state index in [-0.39, 0.29) is 0 Å². The van der Waals surface area contributed by atoms with Crippen molar-refractivity contribution in [2.75, 3.05) is 27.2 Å². The van der Waals surface area contributed by atoms with Crippen LogP contribution in [0.5, 0.6) is 11.5 Å². The molecule has 1 aliphatic rings. The lowest BCUT2D eigenvalue weighted by atomic mass is 10.0. The van der Waals surface area contributed by atoms with Crippen LogP contribution in [0.4, 0.5) is 0 Å². The van der Waals surface area contributed by atoms with E-state index in [1.54, 1.807) is 18.9 Å². The fourth-order valence-corrected chi connectivity index (χ4v) is 4.60. The molecule has 0 aliphatic carbocycles. The number of fused-ring (bicyclic) bond motifs is 1. The molecule has 1 heterocycles. The lowest BCUT2D eigenvalue weighted by Gasteiger charge is -2.21. The first kappa shape index (κ1) is 19.1. The summed E-state index contributed by atoms with van der Waals surface area (Å²) >= 11 is 8.29. The third kappa shape index (κ3) is 4.00. The van der Waals surface area contributed by atoms with Gasteiger partial charge in [-0.2, -0.15) is 0 Å². The normalized spacial score (nSPS) is 14.5. The van der Waals surface area contributed by atoms with E-state index in [0.29, 0.717) is 16.5 Å². The van der Waals surface area contributed by atoms with Gasteiger partial charge in [0, 0.05) is 24.9 Å². The van der Waals surface area contributed by atoms with Crippen molar-refractivity contribution in [3.63, 3.8) is 0 Å². The minimum atomic E-state index is -0.411. The second kappa shape index (κ2) is 8.33. The molecule has 0 fully saturated rings. The van der Waals surface area contributed by atoms with Crippen molar-refractivity contribution in [2.24, 2.45) is 0 Å². The third-order valence-corrected chi connectivity index (χ3v) is 5.96. The quantitative estimate of drug-likeness (QED) is 0.568. The summed E-state index contributed by atoms with van der Waals surface area (Å²) in [7, 11) is 3.69. The zero-order valence-corrected chi connectivity index (χ0v) is 16.7. The number of likely N-dealkylation sites (N-methyl/N-ethyl adjacent to an activating group) is 1. The maximum absolute atomic E-state index is 11.6. The Labute approximate surface area is 163 Å². The highest BCUT2D eigenvalue weighted by molar-refractivity contribution is 7.99. The predicted molar refractivity (Wildman–Crippen MR) is 105 cm³/mol. The number of hydrogen-bond donors (Lipinski definition) is 0. The van der Waals surface area contributed by atoms with Gasteiger partial charge in [0.15, 0.2) is 11.5 Å². The highest BCUT2D eigenvalue weighted by atomic mass is 35.5. The zero-order chi connectivity index (χ0) is 18.7. The second-order valence-electron chi connectivity index (χ2n) is 6.27. The van der Waals surface area contributed by atoms with Crippen LogP contribution in [-0.2, 0) is 17.6 Å². The predicted octanol–water partition coefficient (Wildman–Crippen LogP) is 4.46. The number of ether oxygens (including phenoxy) is 2. The topological polar surface area (TPSA) is 38.8 Å². The number of carbonyl (C=O) groups excluding carboxylic acids is 1. The van der Waals surface area contributed by atoms with Crippen LogP contribution in [-0.4, -0.2) is 38.1 Å². The molecule has 2 aromatic carbocycles. The molecule has 0 saturated heterocycles. The maximum Gasteiger partial charge on any atom is 0.308 e. The van der Waals surface area contributed by atoms with Gasteiger partial charge in [0.2, 0.25) is 0 Å². The van der Waals surface area contributed by atoms with E-state index in [2.05, 4.69) is 24.1 Å². The minimum Gasteiger partial charge on any atom is -0.492 e. The van der Waals surface area contributed by atoms with E-state index < -0.39 is 5.97 Å². The van der Waals surface area contributed by atoms with E-state index in [0.717, 1.165) is 41.3 Å². The van der Waals surface area contributed by atoms with E-state index in [1.807, 2.05) is 18.2 Å². The second-order valence-corrected chi connectivity index (χ2v) is 7.74. The number of rotatable bonds is 4. The first-order valence-corrected chi connectivity index (χ1v) is 9.71. The van der Waals surface area contributed by atoms with Crippen LogP contribution in [0.2, 0.25) is 5.02 Å². The van der Waals surface area contributed by atoms with Crippen molar-refractivity contribution < 1.29 is 14.3 Å². The van der Waals surface area contributed by atoms with Crippen LogP contribution in [0.25, 0.3) is 0 Å². The Hall–Kier alpha value is -1.69. The SMILES string of the molecule is COc1c(OC(C)=O)c(Cl)c2c(c1Sc1ccccc1)CCN(C)CC2. The van der Waals surface area contributed by atoms with Crippen molar-refractivity contribution in [1.82, 2.24) is 4.90 Å². The molecule has 138 valence electrons. The molecule has 3 rings (SSSR count). The summed E-state index contributed by atoms with van der Waals surface area (Å²) in [5.41, 5.74) is 2.23. The summed E-state index contributed by atoms with van der Waals surface area (Å²) in [5, 5.41) is 0.486. The lowest BCUT2D eigenvalue weighted by Crippen LogP contribution is -2.20. The first-order valence-electron chi connectivity index (χ1n) is 8.52. The van der Waals surface area contributed by atoms with Gasteiger partial charge in [-0.3, -0.25) is 4.79 Å². The van der Waals surface area contributed by atoms with Crippen molar-refractivity contribution in [3.05, 3.63) is 46.5 Å². The molecule has 0 radical (unpaired) electrons. The number of halogens is 1. The van der Waals surface area contributed by atoms with Crippen LogP contribution >= 0.6 is 23.4 Å². The molecule has 0 aromatic heterocycles.